The maximum absolute atomic E-state index is 5.49. The van der Waals surface area contributed by atoms with Gasteiger partial charge in [0.15, 0.2) is 0 Å². The van der Waals surface area contributed by atoms with Gasteiger partial charge in [0, 0.05) is 23.6 Å². The van der Waals surface area contributed by atoms with Gasteiger partial charge in [-0.05, 0) is 18.4 Å². The molecule has 0 saturated carbocycles. The fraction of sp³-hybridized carbons (Fsp3) is 0.500. The van der Waals surface area contributed by atoms with Crippen molar-refractivity contribution in [1.82, 2.24) is 4.90 Å². The SMILES string of the molecule is C#CC1=CC(C)C=C(CCN2C3CSC2CS3)C=C1. The fourth-order valence-corrected chi connectivity index (χ4v) is 6.20. The minimum Gasteiger partial charge on any atom is -0.278 e. The van der Waals surface area contributed by atoms with E-state index in [1.165, 1.54) is 23.6 Å². The van der Waals surface area contributed by atoms with Crippen molar-refractivity contribution in [2.75, 3.05) is 18.1 Å². The molecular formula is C16H19NS2. The third kappa shape index (κ3) is 2.97. The molecule has 0 aromatic rings. The molecule has 2 heterocycles. The van der Waals surface area contributed by atoms with Crippen LogP contribution < -0.4 is 0 Å². The molecule has 3 atom stereocenters. The van der Waals surface area contributed by atoms with Gasteiger partial charge in [-0.3, -0.25) is 4.90 Å². The molecule has 3 rings (SSSR count). The lowest BCUT2D eigenvalue weighted by Crippen LogP contribution is -2.29. The van der Waals surface area contributed by atoms with Gasteiger partial charge in [-0.1, -0.05) is 36.6 Å². The standard InChI is InChI=1S/C16H19NS2/c1-3-13-4-5-14(9-12(2)8-13)6-7-17-15-10-18-16(17)11-19-15/h1,4-5,8-9,12,15-16H,6-7,10-11H2,2H3. The summed E-state index contributed by atoms with van der Waals surface area (Å²) in [5, 5.41) is 1.53. The number of fused-ring (bicyclic) bond motifs is 2. The molecule has 100 valence electrons. The van der Waals surface area contributed by atoms with E-state index in [4.69, 9.17) is 6.42 Å². The molecule has 2 aliphatic heterocycles. The smallest absolute Gasteiger partial charge is 0.0659 e. The molecule has 2 bridgehead atoms. The molecule has 3 unspecified atom stereocenters. The van der Waals surface area contributed by atoms with Gasteiger partial charge < -0.3 is 0 Å². The number of allylic oxidation sites excluding steroid dienone is 5. The maximum Gasteiger partial charge on any atom is 0.0659 e. The first kappa shape index (κ1) is 13.4. The Morgan fingerprint density at radius 3 is 2.63 bits per heavy atom. The lowest BCUT2D eigenvalue weighted by Gasteiger charge is -2.19. The van der Waals surface area contributed by atoms with E-state index in [1.807, 2.05) is 0 Å². The van der Waals surface area contributed by atoms with Gasteiger partial charge in [-0.15, -0.1) is 29.9 Å². The molecule has 0 spiro atoms. The first-order valence-electron chi connectivity index (χ1n) is 6.82. The van der Waals surface area contributed by atoms with Crippen molar-refractivity contribution < 1.29 is 0 Å². The van der Waals surface area contributed by atoms with Crippen LogP contribution in [0.1, 0.15) is 13.3 Å². The zero-order chi connectivity index (χ0) is 13.2. The average Bonchev–Trinajstić information content (AvgIpc) is 2.93. The highest BCUT2D eigenvalue weighted by Crippen LogP contribution is 2.43. The highest BCUT2D eigenvalue weighted by molar-refractivity contribution is 8.07. The van der Waals surface area contributed by atoms with E-state index in [0.717, 1.165) is 22.7 Å². The number of nitrogens with zero attached hydrogens (tertiary/aromatic N) is 1. The van der Waals surface area contributed by atoms with Gasteiger partial charge in [-0.2, -0.15) is 0 Å². The first-order valence-corrected chi connectivity index (χ1v) is 8.92. The predicted octanol–water partition coefficient (Wildman–Crippen LogP) is 3.52. The summed E-state index contributed by atoms with van der Waals surface area (Å²) in [5.41, 5.74) is 2.43. The summed E-state index contributed by atoms with van der Waals surface area (Å²) in [6.07, 6.45) is 15.4. The Balaban J connectivity index is 1.60. The summed E-state index contributed by atoms with van der Waals surface area (Å²) in [5.74, 6) is 5.80. The van der Waals surface area contributed by atoms with Crippen LogP contribution in [0.4, 0.5) is 0 Å². The Bertz CT molecular complexity index is 463. The van der Waals surface area contributed by atoms with Crippen LogP contribution in [0.3, 0.4) is 0 Å². The molecular weight excluding hydrogens is 270 g/mol. The summed E-state index contributed by atoms with van der Waals surface area (Å²) in [6.45, 7) is 3.39. The highest BCUT2D eigenvalue weighted by Gasteiger charge is 2.40. The highest BCUT2D eigenvalue weighted by atomic mass is 32.2. The van der Waals surface area contributed by atoms with Crippen molar-refractivity contribution >= 4 is 23.5 Å². The fourth-order valence-electron chi connectivity index (χ4n) is 2.84. The monoisotopic (exact) mass is 289 g/mol. The Morgan fingerprint density at radius 2 is 2.00 bits per heavy atom. The second kappa shape index (κ2) is 5.83. The van der Waals surface area contributed by atoms with E-state index in [-0.39, 0.29) is 0 Å². The van der Waals surface area contributed by atoms with Gasteiger partial charge in [0.05, 0.1) is 10.7 Å². The maximum atomic E-state index is 5.49. The van der Waals surface area contributed by atoms with Crippen LogP contribution >= 0.6 is 23.5 Å². The molecule has 0 aromatic carbocycles. The van der Waals surface area contributed by atoms with Gasteiger partial charge in [0.25, 0.3) is 0 Å². The van der Waals surface area contributed by atoms with E-state index in [1.54, 1.807) is 0 Å². The van der Waals surface area contributed by atoms with Gasteiger partial charge in [-0.25, -0.2) is 0 Å². The lowest BCUT2D eigenvalue weighted by atomic mass is 10.1. The molecule has 0 aromatic heterocycles. The normalized spacial score (nSPS) is 33.8. The van der Waals surface area contributed by atoms with Crippen molar-refractivity contribution in [1.29, 1.82) is 0 Å². The second-order valence-corrected chi connectivity index (χ2v) is 7.69. The average molecular weight is 289 g/mol. The number of hydrogen-bond acceptors (Lipinski definition) is 3. The first-order chi connectivity index (χ1) is 9.26. The second-order valence-electron chi connectivity index (χ2n) is 5.26. The molecule has 1 nitrogen and oxygen atoms in total. The number of thioether (sulfide) groups is 2. The number of terminal acetylenes is 1. The molecule has 3 aliphatic rings. The minimum atomic E-state index is 0.440. The van der Waals surface area contributed by atoms with E-state index in [2.05, 4.69) is 65.6 Å². The summed E-state index contributed by atoms with van der Waals surface area (Å²) in [6, 6.07) is 0. The third-order valence-corrected chi connectivity index (χ3v) is 6.91. The van der Waals surface area contributed by atoms with Crippen LogP contribution in [0.25, 0.3) is 0 Å². The van der Waals surface area contributed by atoms with Gasteiger partial charge in [0.2, 0.25) is 0 Å². The topological polar surface area (TPSA) is 3.24 Å². The lowest BCUT2D eigenvalue weighted by molar-refractivity contribution is 0.301. The zero-order valence-corrected chi connectivity index (χ0v) is 12.8. The van der Waals surface area contributed by atoms with Crippen LogP contribution in [0.2, 0.25) is 0 Å². The van der Waals surface area contributed by atoms with Crippen LogP contribution in [0, 0.1) is 18.3 Å². The Labute approximate surface area is 124 Å². The van der Waals surface area contributed by atoms with E-state index >= 15 is 0 Å². The molecule has 2 fully saturated rings. The van der Waals surface area contributed by atoms with E-state index < -0.39 is 0 Å². The summed E-state index contributed by atoms with van der Waals surface area (Å²) < 4.78 is 0. The molecule has 0 radical (unpaired) electrons. The minimum absolute atomic E-state index is 0.440. The number of rotatable bonds is 3. The Hall–Kier alpha value is -0.560. The van der Waals surface area contributed by atoms with Crippen molar-refractivity contribution in [3.8, 4) is 12.3 Å². The van der Waals surface area contributed by atoms with Gasteiger partial charge in [0.1, 0.15) is 0 Å². The molecule has 1 aliphatic carbocycles. The van der Waals surface area contributed by atoms with Crippen molar-refractivity contribution in [2.45, 2.75) is 24.1 Å². The Morgan fingerprint density at radius 1 is 1.26 bits per heavy atom. The molecule has 0 N–H and O–H groups in total. The summed E-state index contributed by atoms with van der Waals surface area (Å²) in [4.78, 5) is 2.68. The summed E-state index contributed by atoms with van der Waals surface area (Å²) >= 11 is 4.25. The molecule has 2 saturated heterocycles. The summed E-state index contributed by atoms with van der Waals surface area (Å²) in [7, 11) is 0. The van der Waals surface area contributed by atoms with E-state index in [0.29, 0.717) is 5.92 Å². The predicted molar refractivity (Wildman–Crippen MR) is 87.1 cm³/mol. The van der Waals surface area contributed by atoms with Crippen LogP contribution in [0.15, 0.2) is 35.5 Å². The largest absolute Gasteiger partial charge is 0.278 e. The van der Waals surface area contributed by atoms with Crippen LogP contribution in [-0.2, 0) is 0 Å². The van der Waals surface area contributed by atoms with Crippen molar-refractivity contribution in [2.24, 2.45) is 5.92 Å². The number of hydrogen-bond donors (Lipinski definition) is 0. The zero-order valence-electron chi connectivity index (χ0n) is 11.2. The molecule has 0 amide bonds. The van der Waals surface area contributed by atoms with Crippen molar-refractivity contribution in [3.05, 3.63) is 35.5 Å². The molecule has 19 heavy (non-hydrogen) atoms. The van der Waals surface area contributed by atoms with Crippen LogP contribution in [0.5, 0.6) is 0 Å². The van der Waals surface area contributed by atoms with Crippen molar-refractivity contribution in [3.63, 3.8) is 0 Å². The Kier molecular flexibility index (Phi) is 4.12. The van der Waals surface area contributed by atoms with Gasteiger partial charge >= 0.3 is 0 Å². The third-order valence-electron chi connectivity index (χ3n) is 3.82. The van der Waals surface area contributed by atoms with E-state index in [9.17, 15) is 0 Å². The molecule has 3 heteroatoms. The quantitative estimate of drug-likeness (QED) is 0.732. The van der Waals surface area contributed by atoms with Crippen LogP contribution in [-0.4, -0.2) is 33.7 Å².